The van der Waals surface area contributed by atoms with Gasteiger partial charge in [-0.2, -0.15) is 5.26 Å². The molecule has 0 spiro atoms. The number of aryl methyl sites for hydroxylation is 1. The summed E-state index contributed by atoms with van der Waals surface area (Å²) in [5.74, 6) is 0. The molecule has 9 aromatic rings. The van der Waals surface area contributed by atoms with Crippen LogP contribution < -0.4 is 0 Å². The number of fused-ring (bicyclic) bond motifs is 8. The molecule has 0 saturated carbocycles. The fourth-order valence-electron chi connectivity index (χ4n) is 7.36. The third-order valence-electron chi connectivity index (χ3n) is 9.53. The van der Waals surface area contributed by atoms with Gasteiger partial charge >= 0.3 is 0 Å². The van der Waals surface area contributed by atoms with Gasteiger partial charge in [-0.1, -0.05) is 91.5 Å². The van der Waals surface area contributed by atoms with Crippen LogP contribution in [0.2, 0.25) is 0 Å². The molecule has 9 rings (SSSR count). The Labute approximate surface area is 282 Å². The van der Waals surface area contributed by atoms with E-state index in [1.54, 1.807) is 0 Å². The number of benzene rings is 6. The number of nitrogens with zero attached hydrogens (tertiary/aromatic N) is 3. The minimum absolute atomic E-state index is 0.641. The molecule has 0 aliphatic heterocycles. The Morgan fingerprint density at radius 3 is 2.12 bits per heavy atom. The van der Waals surface area contributed by atoms with Gasteiger partial charge in [-0.05, 0) is 78.7 Å². The zero-order chi connectivity index (χ0) is 32.4. The van der Waals surface area contributed by atoms with Crippen LogP contribution in [0.4, 0.5) is 0 Å². The summed E-state index contributed by atoms with van der Waals surface area (Å²) in [6.07, 6.45) is 6.00. The van der Waals surface area contributed by atoms with Crippen molar-refractivity contribution in [1.82, 2.24) is 9.13 Å². The highest BCUT2D eigenvalue weighted by Gasteiger charge is 2.20. The third-order valence-corrected chi connectivity index (χ3v) is 10.7. The van der Waals surface area contributed by atoms with E-state index < -0.39 is 0 Å². The Bertz CT molecular complexity index is 2760. The number of hydrogen-bond donors (Lipinski definition) is 0. The second-order valence-corrected chi connectivity index (χ2v) is 13.2. The summed E-state index contributed by atoms with van der Waals surface area (Å²) in [4.78, 5) is 0. The summed E-state index contributed by atoms with van der Waals surface area (Å²) in [6.45, 7) is 6.13. The molecule has 0 radical (unpaired) electrons. The molecule has 226 valence electrons. The highest BCUT2D eigenvalue weighted by Crippen LogP contribution is 2.44. The first kappa shape index (κ1) is 28.1. The SMILES string of the molecule is C=C/C=C\c1c(C)c2ccc3c4cc(-c5cc(C#N)ccc5-n5c6ccccc6c6ccccc65)ccc4sc3c2n1-c1ccccc1. The topological polar surface area (TPSA) is 33.6 Å². The Morgan fingerprint density at radius 2 is 1.40 bits per heavy atom. The molecule has 0 aliphatic carbocycles. The van der Waals surface area contributed by atoms with E-state index in [0.717, 1.165) is 39.2 Å². The van der Waals surface area contributed by atoms with Crippen LogP contribution in [0.1, 0.15) is 16.8 Å². The number of allylic oxidation sites excluding steroid dienone is 2. The van der Waals surface area contributed by atoms with Gasteiger partial charge in [-0.15, -0.1) is 11.3 Å². The van der Waals surface area contributed by atoms with Crippen molar-refractivity contribution in [3.05, 3.63) is 163 Å². The van der Waals surface area contributed by atoms with Crippen LogP contribution in [0.5, 0.6) is 0 Å². The van der Waals surface area contributed by atoms with Gasteiger partial charge in [0.2, 0.25) is 0 Å². The molecular formula is C44H29N3S. The summed E-state index contributed by atoms with van der Waals surface area (Å²) in [5.41, 5.74) is 10.9. The standard InChI is InChI=1S/C44H29N3S/c1-3-4-16-38-28(2)32-21-22-35-37-26-30(20-24-42(37)48-44(35)43(32)46(38)31-12-6-5-7-13-31)36-25-29(27-45)19-23-41(36)47-39-17-10-8-14-33(39)34-15-9-11-18-40(34)47/h3-26H,1H2,2H3/b16-4-. The maximum atomic E-state index is 9.99. The molecule has 0 fully saturated rings. The van der Waals surface area contributed by atoms with Gasteiger partial charge in [-0.3, -0.25) is 0 Å². The number of nitriles is 1. The fraction of sp³-hybridized carbons (Fsp3) is 0.0227. The van der Waals surface area contributed by atoms with Crippen LogP contribution >= 0.6 is 11.3 Å². The van der Waals surface area contributed by atoms with Crippen molar-refractivity contribution >= 4 is 70.3 Å². The van der Waals surface area contributed by atoms with Crippen molar-refractivity contribution in [2.24, 2.45) is 0 Å². The molecular weight excluding hydrogens is 603 g/mol. The molecule has 0 bridgehead atoms. The largest absolute Gasteiger partial charge is 0.309 e. The highest BCUT2D eigenvalue weighted by atomic mass is 32.1. The second kappa shape index (κ2) is 11.0. The van der Waals surface area contributed by atoms with E-state index in [9.17, 15) is 5.26 Å². The number of thiophene rings is 1. The molecule has 3 heterocycles. The van der Waals surface area contributed by atoms with Gasteiger partial charge in [0.15, 0.2) is 0 Å². The summed E-state index contributed by atoms with van der Waals surface area (Å²) in [6, 6.07) is 47.5. The van der Waals surface area contributed by atoms with Crippen molar-refractivity contribution in [3.63, 3.8) is 0 Å². The van der Waals surface area contributed by atoms with Gasteiger partial charge in [0.05, 0.1) is 38.6 Å². The van der Waals surface area contributed by atoms with Gasteiger partial charge in [-0.25, -0.2) is 0 Å². The second-order valence-electron chi connectivity index (χ2n) is 12.1. The molecule has 0 N–H and O–H groups in total. The lowest BCUT2D eigenvalue weighted by Gasteiger charge is -2.15. The summed E-state index contributed by atoms with van der Waals surface area (Å²) in [7, 11) is 0. The van der Waals surface area contributed by atoms with Crippen molar-refractivity contribution in [3.8, 4) is 28.6 Å². The van der Waals surface area contributed by atoms with Crippen LogP contribution in [-0.4, -0.2) is 9.13 Å². The molecule has 3 nitrogen and oxygen atoms in total. The van der Waals surface area contributed by atoms with Gasteiger partial charge in [0.25, 0.3) is 0 Å². The summed E-state index contributed by atoms with van der Waals surface area (Å²) in [5, 5.41) is 16.1. The predicted octanol–water partition coefficient (Wildman–Crippen LogP) is 12.1. The Hall–Kier alpha value is -6.15. The lowest BCUT2D eigenvalue weighted by Crippen LogP contribution is -1.98. The highest BCUT2D eigenvalue weighted by molar-refractivity contribution is 7.26. The Morgan fingerprint density at radius 1 is 0.688 bits per heavy atom. The maximum Gasteiger partial charge on any atom is 0.0991 e. The number of rotatable bonds is 5. The van der Waals surface area contributed by atoms with E-state index in [4.69, 9.17) is 0 Å². The maximum absolute atomic E-state index is 9.99. The molecule has 3 aromatic heterocycles. The van der Waals surface area contributed by atoms with Crippen molar-refractivity contribution in [2.45, 2.75) is 6.92 Å². The molecule has 0 amide bonds. The number of para-hydroxylation sites is 3. The predicted molar refractivity (Wildman–Crippen MR) is 205 cm³/mol. The number of aromatic nitrogens is 2. The molecule has 0 unspecified atom stereocenters. The Kier molecular flexibility index (Phi) is 6.43. The first-order valence-corrected chi connectivity index (χ1v) is 16.9. The van der Waals surface area contributed by atoms with Crippen LogP contribution in [0.25, 0.3) is 81.5 Å². The van der Waals surface area contributed by atoms with E-state index in [1.165, 1.54) is 47.4 Å². The van der Waals surface area contributed by atoms with Crippen LogP contribution in [0.15, 0.2) is 146 Å². The van der Waals surface area contributed by atoms with E-state index in [0.29, 0.717) is 5.56 Å². The zero-order valence-corrected chi connectivity index (χ0v) is 27.1. The van der Waals surface area contributed by atoms with Gasteiger partial charge in [0.1, 0.15) is 0 Å². The lowest BCUT2D eigenvalue weighted by molar-refractivity contribution is 1.10. The molecule has 48 heavy (non-hydrogen) atoms. The molecule has 4 heteroatoms. The third kappa shape index (κ3) is 4.12. The van der Waals surface area contributed by atoms with Crippen LogP contribution in [0.3, 0.4) is 0 Å². The van der Waals surface area contributed by atoms with E-state index >= 15 is 0 Å². The van der Waals surface area contributed by atoms with E-state index in [1.807, 2.05) is 35.6 Å². The quantitative estimate of drug-likeness (QED) is 0.174. The summed E-state index contributed by atoms with van der Waals surface area (Å²) >= 11 is 1.84. The first-order valence-electron chi connectivity index (χ1n) is 16.0. The van der Waals surface area contributed by atoms with E-state index in [2.05, 4.69) is 150 Å². The van der Waals surface area contributed by atoms with Crippen LogP contribution in [-0.2, 0) is 0 Å². The van der Waals surface area contributed by atoms with Crippen molar-refractivity contribution in [1.29, 1.82) is 5.26 Å². The van der Waals surface area contributed by atoms with Crippen molar-refractivity contribution in [2.75, 3.05) is 0 Å². The molecule has 6 aromatic carbocycles. The first-order chi connectivity index (χ1) is 23.7. The van der Waals surface area contributed by atoms with E-state index in [-0.39, 0.29) is 0 Å². The number of hydrogen-bond acceptors (Lipinski definition) is 2. The molecule has 0 saturated heterocycles. The summed E-state index contributed by atoms with van der Waals surface area (Å²) < 4.78 is 7.23. The van der Waals surface area contributed by atoms with Gasteiger partial charge in [0, 0.05) is 48.6 Å². The normalized spacial score (nSPS) is 11.8. The lowest BCUT2D eigenvalue weighted by atomic mass is 9.98. The van der Waals surface area contributed by atoms with Crippen molar-refractivity contribution < 1.29 is 0 Å². The van der Waals surface area contributed by atoms with Crippen LogP contribution in [0, 0.1) is 18.3 Å². The minimum Gasteiger partial charge on any atom is -0.309 e. The minimum atomic E-state index is 0.641. The average Bonchev–Trinajstić information content (AvgIpc) is 3.78. The van der Waals surface area contributed by atoms with Gasteiger partial charge < -0.3 is 9.13 Å². The Balaban J connectivity index is 1.32. The average molecular weight is 632 g/mol. The molecule has 0 atom stereocenters. The fourth-order valence-corrected chi connectivity index (χ4v) is 8.58. The zero-order valence-electron chi connectivity index (χ0n) is 26.3. The monoisotopic (exact) mass is 631 g/mol. The molecule has 0 aliphatic rings. The smallest absolute Gasteiger partial charge is 0.0991 e.